The van der Waals surface area contributed by atoms with Gasteiger partial charge in [-0.2, -0.15) is 0 Å². The fourth-order valence-electron chi connectivity index (χ4n) is 3.02. The van der Waals surface area contributed by atoms with Gasteiger partial charge in [0.2, 0.25) is 5.91 Å². The van der Waals surface area contributed by atoms with Crippen molar-refractivity contribution in [3.63, 3.8) is 0 Å². The summed E-state index contributed by atoms with van der Waals surface area (Å²) in [5.41, 5.74) is 1.82. The molecule has 7 nitrogen and oxygen atoms in total. The highest BCUT2D eigenvalue weighted by atomic mass is 19.1. The van der Waals surface area contributed by atoms with Crippen LogP contribution in [-0.4, -0.2) is 28.8 Å². The van der Waals surface area contributed by atoms with Gasteiger partial charge < -0.3 is 25.5 Å². The number of nitrogens with one attached hydrogen (secondary N) is 3. The number of carbonyl (C=O) groups excluding carboxylic acids is 3. The van der Waals surface area contributed by atoms with Crippen molar-refractivity contribution in [1.29, 1.82) is 0 Å². The number of aromatic nitrogens is 1. The second kappa shape index (κ2) is 9.04. The summed E-state index contributed by atoms with van der Waals surface area (Å²) >= 11 is 0. The molecule has 30 heavy (non-hydrogen) atoms. The van der Waals surface area contributed by atoms with Crippen molar-refractivity contribution >= 4 is 34.8 Å². The molecule has 0 aliphatic rings. The first-order valence-corrected chi connectivity index (χ1v) is 9.15. The molecule has 154 valence electrons. The number of fused-ring (bicyclic) bond motifs is 1. The lowest BCUT2D eigenvalue weighted by Crippen LogP contribution is -2.50. The minimum atomic E-state index is -1.46. The van der Waals surface area contributed by atoms with Crippen LogP contribution < -0.4 is 15.7 Å². The Morgan fingerprint density at radius 2 is 1.83 bits per heavy atom. The van der Waals surface area contributed by atoms with E-state index in [1.165, 1.54) is 37.3 Å². The molecule has 0 radical (unpaired) electrons. The summed E-state index contributed by atoms with van der Waals surface area (Å²) in [5.74, 6) is -3.23. The Bertz CT molecular complexity index is 1120. The highest BCUT2D eigenvalue weighted by Gasteiger charge is 2.19. The molecule has 0 saturated heterocycles. The van der Waals surface area contributed by atoms with Crippen molar-refractivity contribution in [2.45, 2.75) is 19.4 Å². The van der Waals surface area contributed by atoms with Gasteiger partial charge in [0.1, 0.15) is 11.5 Å². The van der Waals surface area contributed by atoms with E-state index >= 15 is 0 Å². The zero-order valence-electron chi connectivity index (χ0n) is 16.1. The lowest BCUT2D eigenvalue weighted by atomic mass is 10.0. The molecule has 0 bridgehead atoms. The Morgan fingerprint density at radius 3 is 2.50 bits per heavy atom. The smallest absolute Gasteiger partial charge is 0.268 e. The molecule has 3 aromatic rings. The molecular formula is C22H19FN3O4-. The summed E-state index contributed by atoms with van der Waals surface area (Å²) in [7, 11) is 0. The minimum Gasteiger partial charge on any atom is -0.548 e. The van der Waals surface area contributed by atoms with E-state index in [0.29, 0.717) is 11.1 Å². The summed E-state index contributed by atoms with van der Waals surface area (Å²) in [5, 5.41) is 17.2. The maximum absolute atomic E-state index is 13.1. The average molecular weight is 408 g/mol. The van der Waals surface area contributed by atoms with Crippen LogP contribution in [0.3, 0.4) is 0 Å². The summed E-state index contributed by atoms with van der Waals surface area (Å²) in [4.78, 5) is 38.9. The summed E-state index contributed by atoms with van der Waals surface area (Å²) in [6.07, 6.45) is 2.99. The average Bonchev–Trinajstić information content (AvgIpc) is 3.11. The zero-order valence-corrected chi connectivity index (χ0v) is 16.1. The molecule has 0 spiro atoms. The van der Waals surface area contributed by atoms with Gasteiger partial charge in [-0.15, -0.1) is 0 Å². The Balaban J connectivity index is 1.83. The number of aliphatic carboxylic acids is 1. The molecule has 0 aliphatic carbocycles. The number of aromatic amines is 1. The van der Waals surface area contributed by atoms with Crippen molar-refractivity contribution in [2.75, 3.05) is 0 Å². The number of rotatable bonds is 7. The number of carboxylic acid groups (broad SMARTS) is 1. The van der Waals surface area contributed by atoms with Crippen LogP contribution in [0.2, 0.25) is 0 Å². The fourth-order valence-corrected chi connectivity index (χ4v) is 3.02. The molecule has 0 fully saturated rings. The van der Waals surface area contributed by atoms with E-state index in [1.54, 1.807) is 6.20 Å². The molecule has 1 heterocycles. The Morgan fingerprint density at radius 1 is 1.13 bits per heavy atom. The SMILES string of the molecule is CC(=O)N/C(=C/c1ccc(F)cc1)C(=O)N[C@@H](Cc1c[nH]c2ccccc12)C(=O)[O-]. The third kappa shape index (κ3) is 5.11. The topological polar surface area (TPSA) is 114 Å². The zero-order chi connectivity index (χ0) is 21.7. The maximum Gasteiger partial charge on any atom is 0.268 e. The number of para-hydroxylation sites is 1. The molecule has 0 aliphatic heterocycles. The van der Waals surface area contributed by atoms with E-state index in [0.717, 1.165) is 10.9 Å². The second-order valence-electron chi connectivity index (χ2n) is 6.70. The van der Waals surface area contributed by atoms with Crippen LogP contribution in [-0.2, 0) is 20.8 Å². The molecular weight excluding hydrogens is 389 g/mol. The summed E-state index contributed by atoms with van der Waals surface area (Å²) in [6, 6.07) is 11.3. The van der Waals surface area contributed by atoms with Gasteiger partial charge in [0.15, 0.2) is 0 Å². The van der Waals surface area contributed by atoms with Crippen LogP contribution in [0.1, 0.15) is 18.1 Å². The quantitative estimate of drug-likeness (QED) is 0.511. The van der Waals surface area contributed by atoms with Gasteiger partial charge in [0, 0.05) is 30.4 Å². The standard InChI is InChI=1S/C22H20FN3O4/c1-13(27)25-19(10-14-6-8-16(23)9-7-14)21(28)26-20(22(29)30)11-15-12-24-18-5-3-2-4-17(15)18/h2-10,12,20,24H,11H2,1H3,(H,25,27)(H,26,28)(H,29,30)/p-1/b19-10+/t20-/m0/s1. The van der Waals surface area contributed by atoms with Crippen LogP contribution in [0.25, 0.3) is 17.0 Å². The Hall–Kier alpha value is -3.94. The molecule has 2 amide bonds. The third-order valence-electron chi connectivity index (χ3n) is 4.43. The molecule has 8 heteroatoms. The van der Waals surface area contributed by atoms with Crippen molar-refractivity contribution < 1.29 is 23.9 Å². The highest BCUT2D eigenvalue weighted by molar-refractivity contribution is 6.02. The van der Waals surface area contributed by atoms with Crippen molar-refractivity contribution in [3.05, 3.63) is 77.4 Å². The van der Waals surface area contributed by atoms with Crippen LogP contribution >= 0.6 is 0 Å². The lowest BCUT2D eigenvalue weighted by Gasteiger charge is -2.20. The van der Waals surface area contributed by atoms with Gasteiger partial charge in [-0.1, -0.05) is 30.3 Å². The van der Waals surface area contributed by atoms with E-state index in [2.05, 4.69) is 15.6 Å². The van der Waals surface area contributed by atoms with Gasteiger partial charge in [-0.05, 0) is 35.4 Å². The molecule has 1 aromatic heterocycles. The molecule has 1 atom stereocenters. The van der Waals surface area contributed by atoms with E-state index < -0.39 is 29.6 Å². The largest absolute Gasteiger partial charge is 0.548 e. The van der Waals surface area contributed by atoms with Gasteiger partial charge in [0.25, 0.3) is 5.91 Å². The molecule has 2 aromatic carbocycles. The number of carboxylic acids is 1. The predicted molar refractivity (Wildman–Crippen MR) is 107 cm³/mol. The van der Waals surface area contributed by atoms with Crippen LogP contribution in [0.5, 0.6) is 0 Å². The van der Waals surface area contributed by atoms with Gasteiger partial charge in [-0.25, -0.2) is 4.39 Å². The fraction of sp³-hybridized carbons (Fsp3) is 0.136. The molecule has 3 rings (SSSR count). The van der Waals surface area contributed by atoms with Crippen LogP contribution in [0.4, 0.5) is 4.39 Å². The van der Waals surface area contributed by atoms with E-state index in [-0.39, 0.29) is 12.1 Å². The Kier molecular flexibility index (Phi) is 6.26. The van der Waals surface area contributed by atoms with Crippen molar-refractivity contribution in [2.24, 2.45) is 0 Å². The minimum absolute atomic E-state index is 0.0119. The normalized spacial score (nSPS) is 12.4. The third-order valence-corrected chi connectivity index (χ3v) is 4.43. The monoisotopic (exact) mass is 408 g/mol. The van der Waals surface area contributed by atoms with Gasteiger partial charge >= 0.3 is 0 Å². The summed E-state index contributed by atoms with van der Waals surface area (Å²) in [6.45, 7) is 1.22. The van der Waals surface area contributed by atoms with Gasteiger partial charge in [-0.3, -0.25) is 9.59 Å². The predicted octanol–water partition coefficient (Wildman–Crippen LogP) is 1.26. The molecule has 0 saturated carbocycles. The van der Waals surface area contributed by atoms with E-state index in [1.807, 2.05) is 24.3 Å². The number of H-pyrrole nitrogens is 1. The van der Waals surface area contributed by atoms with Crippen LogP contribution in [0, 0.1) is 5.82 Å². The van der Waals surface area contributed by atoms with E-state index in [4.69, 9.17) is 0 Å². The van der Waals surface area contributed by atoms with Gasteiger partial charge in [0.05, 0.1) is 12.0 Å². The number of hydrogen-bond donors (Lipinski definition) is 3. The number of halogens is 1. The lowest BCUT2D eigenvalue weighted by molar-refractivity contribution is -0.308. The number of amides is 2. The second-order valence-corrected chi connectivity index (χ2v) is 6.70. The number of benzene rings is 2. The first-order chi connectivity index (χ1) is 14.3. The highest BCUT2D eigenvalue weighted by Crippen LogP contribution is 2.19. The molecule has 3 N–H and O–H groups in total. The molecule has 0 unspecified atom stereocenters. The van der Waals surface area contributed by atoms with Crippen LogP contribution in [0.15, 0.2) is 60.4 Å². The van der Waals surface area contributed by atoms with Crippen molar-refractivity contribution in [3.8, 4) is 0 Å². The first kappa shape index (κ1) is 20.8. The Labute approximate surface area is 171 Å². The van der Waals surface area contributed by atoms with E-state index in [9.17, 15) is 23.9 Å². The number of hydrogen-bond acceptors (Lipinski definition) is 4. The number of carbonyl (C=O) groups is 3. The first-order valence-electron chi connectivity index (χ1n) is 9.15. The summed E-state index contributed by atoms with van der Waals surface area (Å²) < 4.78 is 13.1. The maximum atomic E-state index is 13.1. The van der Waals surface area contributed by atoms with Crippen molar-refractivity contribution in [1.82, 2.24) is 15.6 Å².